The van der Waals surface area contributed by atoms with Crippen LogP contribution in [0, 0.1) is 0 Å². The summed E-state index contributed by atoms with van der Waals surface area (Å²) in [6.45, 7) is 4.95. The minimum atomic E-state index is -0.778. The van der Waals surface area contributed by atoms with Crippen LogP contribution in [0.3, 0.4) is 0 Å². The summed E-state index contributed by atoms with van der Waals surface area (Å²) in [6, 6.07) is 16.8. The van der Waals surface area contributed by atoms with Gasteiger partial charge in [0.1, 0.15) is 17.3 Å². The van der Waals surface area contributed by atoms with Crippen LogP contribution in [-0.4, -0.2) is 39.9 Å². The third-order valence-electron chi connectivity index (χ3n) is 5.57. The summed E-state index contributed by atoms with van der Waals surface area (Å²) in [6.07, 6.45) is 3.27. The molecule has 4 rings (SSSR count). The maximum absolute atomic E-state index is 13.2. The number of nitrogens with zero attached hydrogens (tertiary/aromatic N) is 2. The molecule has 2 heterocycles. The van der Waals surface area contributed by atoms with Crippen molar-refractivity contribution in [3.05, 3.63) is 95.3 Å². The Morgan fingerprint density at radius 3 is 2.29 bits per heavy atom. The van der Waals surface area contributed by atoms with Gasteiger partial charge in [0.25, 0.3) is 11.7 Å². The van der Waals surface area contributed by atoms with Crippen LogP contribution < -0.4 is 9.47 Å². The summed E-state index contributed by atoms with van der Waals surface area (Å²) in [7, 11) is 0. The molecule has 3 aromatic rings. The molecule has 0 aliphatic carbocycles. The standard InChI is InChI=1S/C27H26N2O5/c1-3-33-21-10-8-19(9-11-21)25(30)23-24(20-6-5-7-22(16-20)34-4-2)29(27(32)26(23)31)17-18-12-14-28-15-13-18/h5-16,24,30H,3-4,17H2,1-2H3/b25-23+. The number of ketones is 1. The number of aliphatic hydroxyl groups excluding tert-OH is 1. The first-order valence-corrected chi connectivity index (χ1v) is 11.2. The van der Waals surface area contributed by atoms with E-state index >= 15 is 0 Å². The van der Waals surface area contributed by atoms with Gasteiger partial charge in [-0.3, -0.25) is 14.6 Å². The number of amides is 1. The highest BCUT2D eigenvalue weighted by Gasteiger charge is 2.46. The van der Waals surface area contributed by atoms with Gasteiger partial charge in [-0.25, -0.2) is 0 Å². The van der Waals surface area contributed by atoms with Gasteiger partial charge in [-0.05, 0) is 73.5 Å². The molecule has 1 amide bonds. The molecular formula is C27H26N2O5. The predicted molar refractivity (Wildman–Crippen MR) is 127 cm³/mol. The molecule has 0 radical (unpaired) electrons. The lowest BCUT2D eigenvalue weighted by Gasteiger charge is -2.25. The summed E-state index contributed by atoms with van der Waals surface area (Å²) in [5, 5.41) is 11.2. The lowest BCUT2D eigenvalue weighted by atomic mass is 9.95. The second-order valence-corrected chi connectivity index (χ2v) is 7.75. The van der Waals surface area contributed by atoms with Gasteiger partial charge in [0, 0.05) is 24.5 Å². The van der Waals surface area contributed by atoms with E-state index in [1.165, 1.54) is 4.90 Å². The molecular weight excluding hydrogens is 432 g/mol. The minimum absolute atomic E-state index is 0.0388. The Hall–Kier alpha value is -4.13. The molecule has 1 aliphatic heterocycles. The number of carbonyl (C=O) groups is 2. The Morgan fingerprint density at radius 2 is 1.62 bits per heavy atom. The van der Waals surface area contributed by atoms with Gasteiger partial charge in [0.05, 0.1) is 24.8 Å². The van der Waals surface area contributed by atoms with E-state index in [2.05, 4.69) is 4.98 Å². The average Bonchev–Trinajstić information content (AvgIpc) is 3.10. The van der Waals surface area contributed by atoms with Gasteiger partial charge in [-0.15, -0.1) is 0 Å². The highest BCUT2D eigenvalue weighted by Crippen LogP contribution is 2.41. The second kappa shape index (κ2) is 10.2. The van der Waals surface area contributed by atoms with Crippen molar-refractivity contribution in [3.63, 3.8) is 0 Å². The molecule has 1 fully saturated rings. The third-order valence-corrected chi connectivity index (χ3v) is 5.57. The predicted octanol–water partition coefficient (Wildman–Crippen LogP) is 4.50. The summed E-state index contributed by atoms with van der Waals surface area (Å²) in [5.74, 6) is -0.359. The van der Waals surface area contributed by atoms with Gasteiger partial charge in [0.2, 0.25) is 0 Å². The van der Waals surface area contributed by atoms with Crippen molar-refractivity contribution in [2.45, 2.75) is 26.4 Å². The molecule has 2 aromatic carbocycles. The molecule has 0 saturated carbocycles. The first-order valence-electron chi connectivity index (χ1n) is 11.2. The maximum atomic E-state index is 13.2. The Labute approximate surface area is 198 Å². The zero-order chi connectivity index (χ0) is 24.1. The fourth-order valence-electron chi connectivity index (χ4n) is 4.05. The molecule has 7 nitrogen and oxygen atoms in total. The van der Waals surface area contributed by atoms with Crippen molar-refractivity contribution in [2.24, 2.45) is 0 Å². The van der Waals surface area contributed by atoms with Crippen molar-refractivity contribution in [1.82, 2.24) is 9.88 Å². The zero-order valence-corrected chi connectivity index (χ0v) is 19.1. The van der Waals surface area contributed by atoms with Crippen LogP contribution in [0.1, 0.15) is 36.6 Å². The molecule has 1 aliphatic rings. The van der Waals surface area contributed by atoms with Gasteiger partial charge in [0.15, 0.2) is 0 Å². The lowest BCUT2D eigenvalue weighted by Crippen LogP contribution is -2.29. The Morgan fingerprint density at radius 1 is 0.941 bits per heavy atom. The first-order chi connectivity index (χ1) is 16.5. The number of rotatable bonds is 8. The van der Waals surface area contributed by atoms with E-state index in [1.54, 1.807) is 54.9 Å². The van der Waals surface area contributed by atoms with E-state index < -0.39 is 17.7 Å². The maximum Gasteiger partial charge on any atom is 0.295 e. The number of hydrogen-bond donors (Lipinski definition) is 1. The quantitative estimate of drug-likeness (QED) is 0.304. The number of aliphatic hydroxyl groups is 1. The van der Waals surface area contributed by atoms with E-state index in [0.29, 0.717) is 35.8 Å². The number of aromatic nitrogens is 1. The Kier molecular flexibility index (Phi) is 6.92. The highest BCUT2D eigenvalue weighted by molar-refractivity contribution is 6.46. The van der Waals surface area contributed by atoms with Gasteiger partial charge in [-0.2, -0.15) is 0 Å². The number of carbonyl (C=O) groups excluding carboxylic acids is 2. The van der Waals surface area contributed by atoms with Crippen LogP contribution in [0.5, 0.6) is 11.5 Å². The van der Waals surface area contributed by atoms with Crippen molar-refractivity contribution in [3.8, 4) is 11.5 Å². The van der Waals surface area contributed by atoms with Crippen LogP contribution in [0.4, 0.5) is 0 Å². The molecule has 7 heteroatoms. The van der Waals surface area contributed by atoms with E-state index in [0.717, 1.165) is 5.56 Å². The second-order valence-electron chi connectivity index (χ2n) is 7.75. The Balaban J connectivity index is 1.82. The van der Waals surface area contributed by atoms with Gasteiger partial charge >= 0.3 is 0 Å². The van der Waals surface area contributed by atoms with Crippen molar-refractivity contribution in [1.29, 1.82) is 0 Å². The number of ether oxygens (including phenoxy) is 2. The fourth-order valence-corrected chi connectivity index (χ4v) is 4.05. The molecule has 0 spiro atoms. The van der Waals surface area contributed by atoms with Gasteiger partial charge in [-0.1, -0.05) is 12.1 Å². The summed E-state index contributed by atoms with van der Waals surface area (Å²) < 4.78 is 11.1. The Bertz CT molecular complexity index is 1210. The number of hydrogen-bond acceptors (Lipinski definition) is 6. The summed E-state index contributed by atoms with van der Waals surface area (Å²) >= 11 is 0. The fraction of sp³-hybridized carbons (Fsp3) is 0.222. The van der Waals surface area contributed by atoms with Crippen molar-refractivity contribution >= 4 is 17.4 Å². The van der Waals surface area contributed by atoms with Crippen molar-refractivity contribution in [2.75, 3.05) is 13.2 Å². The zero-order valence-electron chi connectivity index (χ0n) is 19.1. The van der Waals surface area contributed by atoms with Crippen molar-refractivity contribution < 1.29 is 24.2 Å². The average molecular weight is 459 g/mol. The largest absolute Gasteiger partial charge is 0.507 e. The van der Waals surface area contributed by atoms with E-state index in [9.17, 15) is 14.7 Å². The number of pyridine rings is 1. The van der Waals surface area contributed by atoms with Crippen LogP contribution in [0.25, 0.3) is 5.76 Å². The van der Waals surface area contributed by atoms with Crippen LogP contribution >= 0.6 is 0 Å². The third kappa shape index (κ3) is 4.64. The molecule has 1 aromatic heterocycles. The molecule has 1 saturated heterocycles. The molecule has 1 N–H and O–H groups in total. The monoisotopic (exact) mass is 458 g/mol. The first kappa shape index (κ1) is 23.0. The summed E-state index contributed by atoms with van der Waals surface area (Å²) in [4.78, 5) is 31.9. The molecule has 1 unspecified atom stereocenters. The molecule has 0 bridgehead atoms. The topological polar surface area (TPSA) is 89.0 Å². The number of likely N-dealkylation sites (tertiary alicyclic amines) is 1. The molecule has 174 valence electrons. The normalized spacial score (nSPS) is 17.1. The highest BCUT2D eigenvalue weighted by atomic mass is 16.5. The SMILES string of the molecule is CCOc1ccc(/C(O)=C2\C(=O)C(=O)N(Cc3ccncc3)C2c2cccc(OCC)c2)cc1. The van der Waals surface area contributed by atoms with E-state index in [4.69, 9.17) is 9.47 Å². The molecule has 34 heavy (non-hydrogen) atoms. The van der Waals surface area contributed by atoms with Crippen LogP contribution in [0.2, 0.25) is 0 Å². The van der Waals surface area contributed by atoms with Gasteiger partial charge < -0.3 is 19.5 Å². The van der Waals surface area contributed by atoms with E-state index in [-0.39, 0.29) is 17.9 Å². The molecule has 1 atom stereocenters. The van der Waals surface area contributed by atoms with Crippen LogP contribution in [0.15, 0.2) is 78.6 Å². The number of Topliss-reactive ketones (excluding diaryl/α,β-unsaturated/α-hetero) is 1. The smallest absolute Gasteiger partial charge is 0.295 e. The minimum Gasteiger partial charge on any atom is -0.507 e. The lowest BCUT2D eigenvalue weighted by molar-refractivity contribution is -0.140. The number of benzene rings is 2. The summed E-state index contributed by atoms with van der Waals surface area (Å²) in [5.41, 5.74) is 1.96. The van der Waals surface area contributed by atoms with E-state index in [1.807, 2.05) is 32.0 Å². The van der Waals surface area contributed by atoms with Crippen LogP contribution in [-0.2, 0) is 16.1 Å².